The number of benzene rings is 1. The lowest BCUT2D eigenvalue weighted by Gasteiger charge is -2.36. The molecule has 3 atom stereocenters. The van der Waals surface area contributed by atoms with Gasteiger partial charge in [0.15, 0.2) is 0 Å². The van der Waals surface area contributed by atoms with Crippen LogP contribution < -0.4 is 0 Å². The summed E-state index contributed by atoms with van der Waals surface area (Å²) in [6, 6.07) is 9.87. The minimum atomic E-state index is -0.136. The molecule has 1 saturated carbocycles. The molecular weight excluding hydrogens is 381 g/mol. The van der Waals surface area contributed by atoms with E-state index < -0.39 is 0 Å². The lowest BCUT2D eigenvalue weighted by Crippen LogP contribution is -2.26. The van der Waals surface area contributed by atoms with Crippen LogP contribution in [0.25, 0.3) is 11.3 Å². The van der Waals surface area contributed by atoms with Gasteiger partial charge in [0, 0.05) is 11.8 Å². The SMILES string of the molecule is CCCCCc1ccc(-c2ccc(CC[C@@H]3CCCC[C@H]3C(C)CCC)cc2F)nc1. The molecule has 1 aliphatic carbocycles. The predicted molar refractivity (Wildman–Crippen MR) is 131 cm³/mol. The summed E-state index contributed by atoms with van der Waals surface area (Å²) in [5, 5.41) is 0. The highest BCUT2D eigenvalue weighted by atomic mass is 19.1. The van der Waals surface area contributed by atoms with Crippen LogP contribution >= 0.6 is 0 Å². The van der Waals surface area contributed by atoms with Gasteiger partial charge in [0.05, 0.1) is 5.69 Å². The highest BCUT2D eigenvalue weighted by molar-refractivity contribution is 5.60. The number of pyridine rings is 1. The van der Waals surface area contributed by atoms with Gasteiger partial charge in [0.25, 0.3) is 0 Å². The molecule has 0 radical (unpaired) electrons. The molecule has 1 nitrogen and oxygen atoms in total. The number of aromatic nitrogens is 1. The smallest absolute Gasteiger partial charge is 0.132 e. The molecule has 2 aromatic rings. The van der Waals surface area contributed by atoms with Crippen molar-refractivity contribution >= 4 is 0 Å². The van der Waals surface area contributed by atoms with Gasteiger partial charge in [-0.05, 0) is 79.2 Å². The highest BCUT2D eigenvalue weighted by Gasteiger charge is 2.28. The molecule has 0 N–H and O–H groups in total. The van der Waals surface area contributed by atoms with E-state index in [2.05, 4.69) is 37.9 Å². The Balaban J connectivity index is 1.60. The standard InChI is InChI=1S/C29H42FN/c1-4-6-7-11-24-16-19-29(31-21-24)27-18-15-23(20-28(27)30)14-17-25-12-8-9-13-26(25)22(3)10-5-2/h15-16,18-22,25-26H,4-14,17H2,1-3H3/t22?,25-,26-/m0/s1. The summed E-state index contributed by atoms with van der Waals surface area (Å²) in [4.78, 5) is 4.54. The summed E-state index contributed by atoms with van der Waals surface area (Å²) in [5.74, 6) is 2.35. The zero-order valence-electron chi connectivity index (χ0n) is 20.0. The van der Waals surface area contributed by atoms with Crippen LogP contribution in [-0.2, 0) is 12.8 Å². The number of hydrogen-bond donors (Lipinski definition) is 0. The molecule has 0 spiro atoms. The van der Waals surface area contributed by atoms with Crippen LogP contribution in [0.5, 0.6) is 0 Å². The molecule has 1 aromatic heterocycles. The minimum Gasteiger partial charge on any atom is -0.256 e. The van der Waals surface area contributed by atoms with Crippen molar-refractivity contribution in [3.63, 3.8) is 0 Å². The second kappa shape index (κ2) is 12.4. The molecule has 2 heteroatoms. The van der Waals surface area contributed by atoms with E-state index in [1.165, 1.54) is 69.8 Å². The number of aryl methyl sites for hydroxylation is 2. The second-order valence-corrected chi connectivity index (χ2v) is 9.84. The van der Waals surface area contributed by atoms with Crippen molar-refractivity contribution in [2.75, 3.05) is 0 Å². The van der Waals surface area contributed by atoms with Crippen molar-refractivity contribution < 1.29 is 4.39 Å². The molecular formula is C29H42FN. The quantitative estimate of drug-likeness (QED) is 0.329. The molecule has 0 amide bonds. The molecule has 1 heterocycles. The number of hydrogen-bond acceptors (Lipinski definition) is 1. The third-order valence-corrected chi connectivity index (χ3v) is 7.45. The first-order chi connectivity index (χ1) is 15.1. The molecule has 170 valence electrons. The Morgan fingerprint density at radius 2 is 1.77 bits per heavy atom. The van der Waals surface area contributed by atoms with Crippen LogP contribution in [0.2, 0.25) is 0 Å². The zero-order valence-corrected chi connectivity index (χ0v) is 20.0. The Morgan fingerprint density at radius 3 is 2.48 bits per heavy atom. The minimum absolute atomic E-state index is 0.136. The molecule has 0 saturated heterocycles. The van der Waals surface area contributed by atoms with E-state index >= 15 is 0 Å². The Bertz CT molecular complexity index is 782. The van der Waals surface area contributed by atoms with Gasteiger partial charge in [-0.2, -0.15) is 0 Å². The van der Waals surface area contributed by atoms with Crippen LogP contribution in [0.1, 0.15) is 96.1 Å². The van der Waals surface area contributed by atoms with Crippen LogP contribution in [0, 0.1) is 23.6 Å². The van der Waals surface area contributed by atoms with E-state index in [0.717, 1.165) is 41.9 Å². The Labute approximate surface area is 189 Å². The van der Waals surface area contributed by atoms with Crippen LogP contribution in [0.3, 0.4) is 0 Å². The fourth-order valence-corrected chi connectivity index (χ4v) is 5.60. The third-order valence-electron chi connectivity index (χ3n) is 7.45. The van der Waals surface area contributed by atoms with Crippen molar-refractivity contribution in [1.29, 1.82) is 0 Å². The Morgan fingerprint density at radius 1 is 0.968 bits per heavy atom. The molecule has 31 heavy (non-hydrogen) atoms. The van der Waals surface area contributed by atoms with Gasteiger partial charge in [0.1, 0.15) is 5.82 Å². The lowest BCUT2D eigenvalue weighted by atomic mass is 9.70. The molecule has 3 rings (SSSR count). The molecule has 1 aliphatic rings. The van der Waals surface area contributed by atoms with Crippen molar-refractivity contribution in [1.82, 2.24) is 4.98 Å². The molecule has 0 bridgehead atoms. The van der Waals surface area contributed by atoms with E-state index in [1.54, 1.807) is 6.07 Å². The lowest BCUT2D eigenvalue weighted by molar-refractivity contribution is 0.154. The summed E-state index contributed by atoms with van der Waals surface area (Å²) < 4.78 is 14.9. The summed E-state index contributed by atoms with van der Waals surface area (Å²) in [6.07, 6.45) is 17.0. The maximum atomic E-state index is 14.9. The van der Waals surface area contributed by atoms with Gasteiger partial charge in [-0.25, -0.2) is 4.39 Å². The predicted octanol–water partition coefficient (Wildman–Crippen LogP) is 8.80. The van der Waals surface area contributed by atoms with E-state index in [4.69, 9.17) is 0 Å². The van der Waals surface area contributed by atoms with E-state index in [9.17, 15) is 4.39 Å². The van der Waals surface area contributed by atoms with Gasteiger partial charge in [-0.1, -0.05) is 77.8 Å². The van der Waals surface area contributed by atoms with Gasteiger partial charge < -0.3 is 0 Å². The molecule has 1 aromatic carbocycles. The number of unbranched alkanes of at least 4 members (excludes halogenated alkanes) is 2. The number of rotatable bonds is 11. The average molecular weight is 424 g/mol. The summed E-state index contributed by atoms with van der Waals surface area (Å²) in [7, 11) is 0. The van der Waals surface area contributed by atoms with Gasteiger partial charge in [0.2, 0.25) is 0 Å². The molecule has 0 aliphatic heterocycles. The summed E-state index contributed by atoms with van der Waals surface area (Å²) >= 11 is 0. The fourth-order valence-electron chi connectivity index (χ4n) is 5.60. The van der Waals surface area contributed by atoms with Crippen molar-refractivity contribution in [3.8, 4) is 11.3 Å². The van der Waals surface area contributed by atoms with Gasteiger partial charge >= 0.3 is 0 Å². The van der Waals surface area contributed by atoms with Crippen molar-refractivity contribution in [2.45, 2.75) is 97.8 Å². The summed E-state index contributed by atoms with van der Waals surface area (Å²) in [5.41, 5.74) is 3.73. The topological polar surface area (TPSA) is 12.9 Å². The van der Waals surface area contributed by atoms with E-state index in [1.807, 2.05) is 18.3 Å². The maximum absolute atomic E-state index is 14.9. The van der Waals surface area contributed by atoms with Crippen molar-refractivity contribution in [2.24, 2.45) is 17.8 Å². The van der Waals surface area contributed by atoms with Gasteiger partial charge in [-0.3, -0.25) is 4.98 Å². The van der Waals surface area contributed by atoms with E-state index in [0.29, 0.717) is 5.56 Å². The Kier molecular flexibility index (Phi) is 9.55. The third kappa shape index (κ3) is 6.89. The maximum Gasteiger partial charge on any atom is 0.132 e. The first-order valence-electron chi connectivity index (χ1n) is 12.9. The monoisotopic (exact) mass is 423 g/mol. The Hall–Kier alpha value is -1.70. The summed E-state index contributed by atoms with van der Waals surface area (Å²) in [6.45, 7) is 6.96. The van der Waals surface area contributed by atoms with Gasteiger partial charge in [-0.15, -0.1) is 0 Å². The van der Waals surface area contributed by atoms with Crippen LogP contribution in [-0.4, -0.2) is 4.98 Å². The largest absolute Gasteiger partial charge is 0.256 e. The highest BCUT2D eigenvalue weighted by Crippen LogP contribution is 2.39. The first kappa shape index (κ1) is 24.0. The molecule has 1 unspecified atom stereocenters. The first-order valence-corrected chi connectivity index (χ1v) is 12.9. The van der Waals surface area contributed by atoms with E-state index in [-0.39, 0.29) is 5.82 Å². The van der Waals surface area contributed by atoms with Crippen LogP contribution in [0.15, 0.2) is 36.5 Å². The second-order valence-electron chi connectivity index (χ2n) is 9.84. The normalized spacial score (nSPS) is 20.0. The average Bonchev–Trinajstić information content (AvgIpc) is 2.79. The van der Waals surface area contributed by atoms with Crippen LogP contribution in [0.4, 0.5) is 4.39 Å². The molecule has 1 fully saturated rings. The fraction of sp³-hybridized carbons (Fsp3) is 0.621. The number of nitrogens with zero attached hydrogens (tertiary/aromatic N) is 1. The zero-order chi connectivity index (χ0) is 22.1. The van der Waals surface area contributed by atoms with Crippen molar-refractivity contribution in [3.05, 3.63) is 53.5 Å². The number of halogens is 1.